The van der Waals surface area contributed by atoms with Gasteiger partial charge in [0, 0.05) is 24.9 Å². The number of benzene rings is 1. The lowest BCUT2D eigenvalue weighted by Crippen LogP contribution is -2.29. The molecule has 3 heteroatoms. The molecule has 1 aromatic carbocycles. The predicted octanol–water partition coefficient (Wildman–Crippen LogP) is 2.01. The molecule has 0 spiro atoms. The Bertz CT molecular complexity index is 354. The lowest BCUT2D eigenvalue weighted by molar-refractivity contribution is 0.210. The average Bonchev–Trinajstić information content (AvgIpc) is 2.74. The SMILES string of the molecule is Nc1cccc(CN2CCCC2CCCO)c1. The molecule has 1 heterocycles. The van der Waals surface area contributed by atoms with Gasteiger partial charge in [-0.05, 0) is 49.9 Å². The number of hydrogen-bond acceptors (Lipinski definition) is 3. The quantitative estimate of drug-likeness (QED) is 0.766. The van der Waals surface area contributed by atoms with Gasteiger partial charge in [-0.25, -0.2) is 0 Å². The van der Waals surface area contributed by atoms with Crippen molar-refractivity contribution in [3.05, 3.63) is 29.8 Å². The van der Waals surface area contributed by atoms with Crippen molar-refractivity contribution < 1.29 is 5.11 Å². The number of anilines is 1. The molecule has 1 aromatic rings. The molecule has 0 aromatic heterocycles. The largest absolute Gasteiger partial charge is 0.399 e. The molecular formula is C14H22N2O. The molecule has 0 bridgehead atoms. The first-order chi connectivity index (χ1) is 8.29. The fourth-order valence-electron chi connectivity index (χ4n) is 2.68. The topological polar surface area (TPSA) is 49.5 Å². The zero-order chi connectivity index (χ0) is 12.1. The second-order valence-electron chi connectivity index (χ2n) is 4.88. The minimum Gasteiger partial charge on any atom is -0.399 e. The van der Waals surface area contributed by atoms with E-state index in [9.17, 15) is 0 Å². The van der Waals surface area contributed by atoms with Crippen molar-refractivity contribution in [3.63, 3.8) is 0 Å². The molecule has 1 aliphatic heterocycles. The number of hydrogen-bond donors (Lipinski definition) is 2. The van der Waals surface area contributed by atoms with E-state index in [1.54, 1.807) is 0 Å². The van der Waals surface area contributed by atoms with E-state index in [0.29, 0.717) is 12.6 Å². The maximum absolute atomic E-state index is 8.90. The highest BCUT2D eigenvalue weighted by Crippen LogP contribution is 2.23. The third kappa shape index (κ3) is 3.45. The van der Waals surface area contributed by atoms with Gasteiger partial charge in [0.25, 0.3) is 0 Å². The number of nitrogens with two attached hydrogens (primary N) is 1. The maximum atomic E-state index is 8.90. The fraction of sp³-hybridized carbons (Fsp3) is 0.571. The van der Waals surface area contributed by atoms with Crippen molar-refractivity contribution in [2.75, 3.05) is 18.9 Å². The van der Waals surface area contributed by atoms with Crippen LogP contribution in [0.1, 0.15) is 31.2 Å². The summed E-state index contributed by atoms with van der Waals surface area (Å²) >= 11 is 0. The molecule has 3 nitrogen and oxygen atoms in total. The highest BCUT2D eigenvalue weighted by atomic mass is 16.2. The Hall–Kier alpha value is -1.06. The zero-order valence-corrected chi connectivity index (χ0v) is 10.3. The summed E-state index contributed by atoms with van der Waals surface area (Å²) in [5.74, 6) is 0. The van der Waals surface area contributed by atoms with E-state index in [1.807, 2.05) is 12.1 Å². The highest BCUT2D eigenvalue weighted by Gasteiger charge is 2.23. The van der Waals surface area contributed by atoms with Gasteiger partial charge in [0.05, 0.1) is 0 Å². The summed E-state index contributed by atoms with van der Waals surface area (Å²) in [5, 5.41) is 8.90. The number of aliphatic hydroxyl groups excluding tert-OH is 1. The lowest BCUT2D eigenvalue weighted by Gasteiger charge is -2.24. The number of likely N-dealkylation sites (tertiary alicyclic amines) is 1. The Morgan fingerprint density at radius 3 is 3.06 bits per heavy atom. The summed E-state index contributed by atoms with van der Waals surface area (Å²) in [6, 6.07) is 8.78. The van der Waals surface area contributed by atoms with E-state index in [-0.39, 0.29) is 0 Å². The molecule has 0 saturated carbocycles. The van der Waals surface area contributed by atoms with Crippen molar-refractivity contribution in [3.8, 4) is 0 Å². The summed E-state index contributed by atoms with van der Waals surface area (Å²) in [6.07, 6.45) is 4.57. The molecule has 0 radical (unpaired) electrons. The second-order valence-corrected chi connectivity index (χ2v) is 4.88. The van der Waals surface area contributed by atoms with E-state index in [4.69, 9.17) is 10.8 Å². The second kappa shape index (κ2) is 6.03. The van der Waals surface area contributed by atoms with Crippen molar-refractivity contribution in [2.45, 2.75) is 38.3 Å². The molecule has 1 saturated heterocycles. The lowest BCUT2D eigenvalue weighted by atomic mass is 10.1. The van der Waals surface area contributed by atoms with Crippen LogP contribution in [0.5, 0.6) is 0 Å². The first-order valence-electron chi connectivity index (χ1n) is 6.49. The summed E-state index contributed by atoms with van der Waals surface area (Å²) in [7, 11) is 0. The summed E-state index contributed by atoms with van der Waals surface area (Å²) in [6.45, 7) is 2.47. The van der Waals surface area contributed by atoms with Crippen LogP contribution in [0.3, 0.4) is 0 Å². The first kappa shape index (κ1) is 12.4. The van der Waals surface area contributed by atoms with Crippen LogP contribution < -0.4 is 5.73 Å². The van der Waals surface area contributed by atoms with Gasteiger partial charge < -0.3 is 10.8 Å². The van der Waals surface area contributed by atoms with Gasteiger partial charge in [0.15, 0.2) is 0 Å². The van der Waals surface area contributed by atoms with E-state index >= 15 is 0 Å². The van der Waals surface area contributed by atoms with Crippen LogP contribution in [0.2, 0.25) is 0 Å². The van der Waals surface area contributed by atoms with Crippen molar-refractivity contribution in [2.24, 2.45) is 0 Å². The minimum absolute atomic E-state index is 0.308. The predicted molar refractivity (Wildman–Crippen MR) is 70.6 cm³/mol. The fourth-order valence-corrected chi connectivity index (χ4v) is 2.68. The molecule has 3 N–H and O–H groups in total. The van der Waals surface area contributed by atoms with Crippen LogP contribution in [-0.2, 0) is 6.54 Å². The Kier molecular flexibility index (Phi) is 4.40. The maximum Gasteiger partial charge on any atom is 0.0431 e. The van der Waals surface area contributed by atoms with Crippen LogP contribution >= 0.6 is 0 Å². The third-order valence-electron chi connectivity index (χ3n) is 3.53. The van der Waals surface area contributed by atoms with Gasteiger partial charge >= 0.3 is 0 Å². The van der Waals surface area contributed by atoms with Gasteiger partial charge in [-0.2, -0.15) is 0 Å². The van der Waals surface area contributed by atoms with Crippen LogP contribution in [0.4, 0.5) is 5.69 Å². The first-order valence-corrected chi connectivity index (χ1v) is 6.49. The van der Waals surface area contributed by atoms with Gasteiger partial charge in [0.2, 0.25) is 0 Å². The van der Waals surface area contributed by atoms with Crippen LogP contribution in [0.15, 0.2) is 24.3 Å². The average molecular weight is 234 g/mol. The molecular weight excluding hydrogens is 212 g/mol. The van der Waals surface area contributed by atoms with E-state index in [0.717, 1.165) is 25.1 Å². The van der Waals surface area contributed by atoms with E-state index in [1.165, 1.54) is 24.9 Å². The Morgan fingerprint density at radius 2 is 2.29 bits per heavy atom. The van der Waals surface area contributed by atoms with Crippen molar-refractivity contribution in [1.29, 1.82) is 0 Å². The van der Waals surface area contributed by atoms with Crippen molar-refractivity contribution >= 4 is 5.69 Å². The molecule has 2 rings (SSSR count). The summed E-state index contributed by atoms with van der Waals surface area (Å²) in [4.78, 5) is 2.52. The van der Waals surface area contributed by atoms with E-state index < -0.39 is 0 Å². The standard InChI is InChI=1S/C14H22N2O/c15-13-5-1-4-12(10-13)11-16-8-2-6-14(16)7-3-9-17/h1,4-5,10,14,17H,2-3,6-9,11,15H2. The van der Waals surface area contributed by atoms with Gasteiger partial charge in [-0.15, -0.1) is 0 Å². The number of rotatable bonds is 5. The molecule has 1 aliphatic rings. The smallest absolute Gasteiger partial charge is 0.0431 e. The van der Waals surface area contributed by atoms with Crippen LogP contribution in [0.25, 0.3) is 0 Å². The minimum atomic E-state index is 0.308. The van der Waals surface area contributed by atoms with Gasteiger partial charge in [-0.3, -0.25) is 4.90 Å². The number of nitrogen functional groups attached to an aromatic ring is 1. The number of aliphatic hydroxyl groups is 1. The van der Waals surface area contributed by atoms with Gasteiger partial charge in [-0.1, -0.05) is 12.1 Å². The molecule has 17 heavy (non-hydrogen) atoms. The third-order valence-corrected chi connectivity index (χ3v) is 3.53. The Labute approximate surface area is 103 Å². The zero-order valence-electron chi connectivity index (χ0n) is 10.3. The summed E-state index contributed by atoms with van der Waals surface area (Å²) < 4.78 is 0. The molecule has 94 valence electrons. The monoisotopic (exact) mass is 234 g/mol. The molecule has 1 fully saturated rings. The Balaban J connectivity index is 1.93. The highest BCUT2D eigenvalue weighted by molar-refractivity contribution is 5.40. The normalized spacial score (nSPS) is 20.9. The van der Waals surface area contributed by atoms with Crippen LogP contribution in [0, 0.1) is 0 Å². The molecule has 1 atom stereocenters. The summed E-state index contributed by atoms with van der Waals surface area (Å²) in [5.41, 5.74) is 7.93. The number of nitrogens with zero attached hydrogens (tertiary/aromatic N) is 1. The molecule has 0 aliphatic carbocycles. The van der Waals surface area contributed by atoms with E-state index in [2.05, 4.69) is 17.0 Å². The molecule has 0 amide bonds. The Morgan fingerprint density at radius 1 is 1.41 bits per heavy atom. The van der Waals surface area contributed by atoms with Crippen LogP contribution in [-0.4, -0.2) is 29.2 Å². The molecule has 1 unspecified atom stereocenters. The van der Waals surface area contributed by atoms with Gasteiger partial charge in [0.1, 0.15) is 0 Å². The van der Waals surface area contributed by atoms with Crippen molar-refractivity contribution in [1.82, 2.24) is 4.90 Å².